The Bertz CT molecular complexity index is 647. The third-order valence-corrected chi connectivity index (χ3v) is 3.85. The third kappa shape index (κ3) is 3.43. The Morgan fingerprint density at radius 1 is 1.10 bits per heavy atom. The van der Waals surface area contributed by atoms with Crippen LogP contribution >= 0.6 is 0 Å². The average molecular weight is 281 g/mol. The highest BCUT2D eigenvalue weighted by atomic mass is 15.1. The number of para-hydroxylation sites is 1. The van der Waals surface area contributed by atoms with E-state index < -0.39 is 0 Å². The van der Waals surface area contributed by atoms with Crippen LogP contribution in [0.4, 0.5) is 5.69 Å². The molecule has 0 saturated carbocycles. The molecule has 0 heterocycles. The van der Waals surface area contributed by atoms with Gasteiger partial charge >= 0.3 is 0 Å². The smallest absolute Gasteiger partial charge is 0.122 e. The van der Waals surface area contributed by atoms with Gasteiger partial charge in [-0.2, -0.15) is 0 Å². The van der Waals surface area contributed by atoms with Crippen molar-refractivity contribution in [3.05, 3.63) is 64.7 Å². The van der Waals surface area contributed by atoms with E-state index in [-0.39, 0.29) is 5.84 Å². The molecule has 0 spiro atoms. The van der Waals surface area contributed by atoms with Gasteiger partial charge in [-0.05, 0) is 49.6 Å². The Kier molecular flexibility index (Phi) is 4.63. The Balaban J connectivity index is 2.27. The minimum absolute atomic E-state index is 0.121. The van der Waals surface area contributed by atoms with Gasteiger partial charge in [-0.3, -0.25) is 5.41 Å². The number of nitrogens with zero attached hydrogens (tertiary/aromatic N) is 1. The van der Waals surface area contributed by atoms with E-state index in [9.17, 15) is 0 Å². The lowest BCUT2D eigenvalue weighted by atomic mass is 10.0. The van der Waals surface area contributed by atoms with E-state index in [1.165, 1.54) is 22.4 Å². The van der Waals surface area contributed by atoms with Crippen LogP contribution in [0.15, 0.2) is 42.5 Å². The monoisotopic (exact) mass is 281 g/mol. The van der Waals surface area contributed by atoms with Gasteiger partial charge in [-0.25, -0.2) is 0 Å². The van der Waals surface area contributed by atoms with Gasteiger partial charge in [0.05, 0.1) is 0 Å². The van der Waals surface area contributed by atoms with Crippen molar-refractivity contribution in [2.24, 2.45) is 5.73 Å². The van der Waals surface area contributed by atoms with Crippen molar-refractivity contribution < 1.29 is 0 Å². The minimum Gasteiger partial charge on any atom is -0.384 e. The first-order valence-corrected chi connectivity index (χ1v) is 7.27. The molecule has 0 amide bonds. The highest BCUT2D eigenvalue weighted by Crippen LogP contribution is 2.22. The van der Waals surface area contributed by atoms with Gasteiger partial charge < -0.3 is 10.6 Å². The fourth-order valence-corrected chi connectivity index (χ4v) is 2.53. The van der Waals surface area contributed by atoms with E-state index in [2.05, 4.69) is 56.0 Å². The van der Waals surface area contributed by atoms with Crippen molar-refractivity contribution in [2.45, 2.75) is 27.3 Å². The summed E-state index contributed by atoms with van der Waals surface area (Å²) in [6, 6.07) is 14.4. The van der Waals surface area contributed by atoms with Crippen LogP contribution in [-0.4, -0.2) is 12.4 Å². The number of nitrogens with one attached hydrogen (secondary N) is 1. The molecule has 0 aliphatic heterocycles. The van der Waals surface area contributed by atoms with E-state index in [4.69, 9.17) is 11.1 Å². The van der Waals surface area contributed by atoms with Gasteiger partial charge in [0.1, 0.15) is 5.84 Å². The maximum atomic E-state index is 7.51. The maximum absolute atomic E-state index is 7.51. The number of rotatable bonds is 5. The summed E-state index contributed by atoms with van der Waals surface area (Å²) in [6.45, 7) is 8.22. The molecule has 0 radical (unpaired) electrons. The van der Waals surface area contributed by atoms with Crippen molar-refractivity contribution in [1.29, 1.82) is 5.41 Å². The summed E-state index contributed by atoms with van der Waals surface area (Å²) < 4.78 is 0. The number of nitrogens with two attached hydrogens (primary N) is 1. The number of hydrogen-bond acceptors (Lipinski definition) is 2. The number of nitrogen functional groups attached to an aromatic ring is 1. The van der Waals surface area contributed by atoms with Crippen LogP contribution in [0.1, 0.15) is 29.2 Å². The number of aryl methyl sites for hydroxylation is 2. The Labute approximate surface area is 126 Å². The third-order valence-electron chi connectivity index (χ3n) is 3.85. The molecule has 2 rings (SSSR count). The first-order chi connectivity index (χ1) is 10.0. The highest BCUT2D eigenvalue weighted by Gasteiger charge is 2.10. The molecule has 21 heavy (non-hydrogen) atoms. The average Bonchev–Trinajstić information content (AvgIpc) is 2.47. The summed E-state index contributed by atoms with van der Waals surface area (Å²) >= 11 is 0. The van der Waals surface area contributed by atoms with Crippen molar-refractivity contribution >= 4 is 11.5 Å². The molecule has 0 atom stereocenters. The van der Waals surface area contributed by atoms with E-state index in [0.717, 1.165) is 18.7 Å². The molecule has 3 heteroatoms. The molecule has 3 N–H and O–H groups in total. The van der Waals surface area contributed by atoms with Crippen molar-refractivity contribution in [2.75, 3.05) is 11.4 Å². The molecule has 3 nitrogen and oxygen atoms in total. The zero-order chi connectivity index (χ0) is 15.4. The van der Waals surface area contributed by atoms with E-state index >= 15 is 0 Å². The van der Waals surface area contributed by atoms with E-state index in [0.29, 0.717) is 0 Å². The first-order valence-electron chi connectivity index (χ1n) is 7.27. The minimum atomic E-state index is 0.121. The number of benzene rings is 2. The van der Waals surface area contributed by atoms with Gasteiger partial charge in [-0.15, -0.1) is 0 Å². The molecule has 2 aromatic rings. The molecular formula is C18H23N3. The lowest BCUT2D eigenvalue weighted by Crippen LogP contribution is -2.23. The molecular weight excluding hydrogens is 258 g/mol. The van der Waals surface area contributed by atoms with Crippen LogP contribution in [0.2, 0.25) is 0 Å². The molecule has 0 aromatic heterocycles. The Morgan fingerprint density at radius 2 is 1.81 bits per heavy atom. The summed E-state index contributed by atoms with van der Waals surface area (Å²) in [5, 5.41) is 7.51. The quantitative estimate of drug-likeness (QED) is 0.649. The summed E-state index contributed by atoms with van der Waals surface area (Å²) in [4.78, 5) is 2.37. The van der Waals surface area contributed by atoms with Gasteiger partial charge in [0.25, 0.3) is 0 Å². The van der Waals surface area contributed by atoms with Gasteiger partial charge in [0.15, 0.2) is 0 Å². The first kappa shape index (κ1) is 15.1. The van der Waals surface area contributed by atoms with Crippen molar-refractivity contribution in [1.82, 2.24) is 0 Å². The van der Waals surface area contributed by atoms with Gasteiger partial charge in [-0.1, -0.05) is 30.3 Å². The van der Waals surface area contributed by atoms with Crippen LogP contribution in [0, 0.1) is 19.3 Å². The van der Waals surface area contributed by atoms with Gasteiger partial charge in [0, 0.05) is 24.3 Å². The number of amidine groups is 1. The number of hydrogen-bond donors (Lipinski definition) is 2. The van der Waals surface area contributed by atoms with Crippen molar-refractivity contribution in [3.63, 3.8) is 0 Å². The predicted molar refractivity (Wildman–Crippen MR) is 90.1 cm³/mol. The fourth-order valence-electron chi connectivity index (χ4n) is 2.53. The maximum Gasteiger partial charge on any atom is 0.122 e. The van der Waals surface area contributed by atoms with Crippen LogP contribution in [0.25, 0.3) is 0 Å². The summed E-state index contributed by atoms with van der Waals surface area (Å²) in [7, 11) is 0. The molecule has 2 aromatic carbocycles. The SMILES string of the molecule is CCN(Cc1ccc(C(=N)N)cc1C)c1ccccc1C. The second kappa shape index (κ2) is 6.44. The Morgan fingerprint density at radius 3 is 2.38 bits per heavy atom. The van der Waals surface area contributed by atoms with Crippen LogP contribution < -0.4 is 10.6 Å². The van der Waals surface area contributed by atoms with Gasteiger partial charge in [0.2, 0.25) is 0 Å². The topological polar surface area (TPSA) is 53.1 Å². The van der Waals surface area contributed by atoms with E-state index in [1.807, 2.05) is 12.1 Å². The Hall–Kier alpha value is -2.29. The van der Waals surface area contributed by atoms with Crippen LogP contribution in [-0.2, 0) is 6.54 Å². The summed E-state index contributed by atoms with van der Waals surface area (Å²) in [5.41, 5.74) is 11.3. The molecule has 0 saturated heterocycles. The van der Waals surface area contributed by atoms with Crippen LogP contribution in [0.5, 0.6) is 0 Å². The second-order valence-corrected chi connectivity index (χ2v) is 5.36. The normalized spacial score (nSPS) is 10.4. The molecule has 110 valence electrons. The number of anilines is 1. The largest absolute Gasteiger partial charge is 0.384 e. The molecule has 0 aliphatic carbocycles. The molecule has 0 unspecified atom stereocenters. The lowest BCUT2D eigenvalue weighted by Gasteiger charge is -2.26. The zero-order valence-electron chi connectivity index (χ0n) is 13.0. The zero-order valence-corrected chi connectivity index (χ0v) is 13.0. The predicted octanol–water partition coefficient (Wildman–Crippen LogP) is 3.61. The molecule has 0 fully saturated rings. The second-order valence-electron chi connectivity index (χ2n) is 5.36. The summed E-state index contributed by atoms with van der Waals surface area (Å²) in [6.07, 6.45) is 0. The van der Waals surface area contributed by atoms with E-state index in [1.54, 1.807) is 0 Å². The lowest BCUT2D eigenvalue weighted by molar-refractivity contribution is 0.823. The van der Waals surface area contributed by atoms with Crippen LogP contribution in [0.3, 0.4) is 0 Å². The standard InChI is InChI=1S/C18H23N3/c1-4-21(17-8-6-5-7-13(17)2)12-16-10-9-15(18(19)20)11-14(16)3/h5-11H,4,12H2,1-3H3,(H3,19,20). The fraction of sp³-hybridized carbons (Fsp3) is 0.278. The van der Waals surface area contributed by atoms with Crippen molar-refractivity contribution in [3.8, 4) is 0 Å². The molecule has 0 aliphatic rings. The molecule has 0 bridgehead atoms. The summed E-state index contributed by atoms with van der Waals surface area (Å²) in [5.74, 6) is 0.121. The highest BCUT2D eigenvalue weighted by molar-refractivity contribution is 5.95.